The number of halogens is 4. The fourth-order valence-electron chi connectivity index (χ4n) is 1.95. The Morgan fingerprint density at radius 1 is 0.944 bits per heavy atom. The maximum absolute atomic E-state index is 14.0. The van der Waals surface area contributed by atoms with E-state index in [9.17, 15) is 17.6 Å². The molecule has 0 bridgehead atoms. The van der Waals surface area contributed by atoms with Gasteiger partial charge in [-0.25, -0.2) is 17.6 Å². The Labute approximate surface area is 106 Å². The summed E-state index contributed by atoms with van der Waals surface area (Å²) in [6, 6.07) is 0. The van der Waals surface area contributed by atoms with Crippen LogP contribution in [0.4, 0.5) is 23.2 Å². The van der Waals surface area contributed by atoms with E-state index in [2.05, 4.69) is 5.32 Å². The number of hydrogen-bond acceptors (Lipinski definition) is 3. The van der Waals surface area contributed by atoms with Crippen molar-refractivity contribution in [1.29, 1.82) is 0 Å². The quantitative estimate of drug-likeness (QED) is 0.387. The van der Waals surface area contributed by atoms with Gasteiger partial charge in [0.15, 0.2) is 23.3 Å². The fourth-order valence-corrected chi connectivity index (χ4v) is 2.49. The summed E-state index contributed by atoms with van der Waals surface area (Å²) in [6.07, 6.45) is 1.42. The van der Waals surface area contributed by atoms with Gasteiger partial charge in [0.25, 0.3) is 0 Å². The summed E-state index contributed by atoms with van der Waals surface area (Å²) in [4.78, 5) is 0.908. The van der Waals surface area contributed by atoms with Crippen molar-refractivity contribution in [2.75, 3.05) is 37.3 Å². The van der Waals surface area contributed by atoms with E-state index in [0.717, 1.165) is 11.8 Å². The van der Waals surface area contributed by atoms with Crippen LogP contribution in [0.2, 0.25) is 0 Å². The van der Waals surface area contributed by atoms with E-state index < -0.39 is 33.9 Å². The highest BCUT2D eigenvalue weighted by Gasteiger charge is 2.28. The van der Waals surface area contributed by atoms with E-state index in [1.54, 1.807) is 0 Å². The fraction of sp³-hybridized carbons (Fsp3) is 0.455. The highest BCUT2D eigenvalue weighted by atomic mass is 32.2. The van der Waals surface area contributed by atoms with E-state index in [-0.39, 0.29) is 0 Å². The molecule has 1 heterocycles. The van der Waals surface area contributed by atoms with Crippen LogP contribution in [0, 0.1) is 23.3 Å². The van der Waals surface area contributed by atoms with Crippen LogP contribution in [-0.2, 0) is 0 Å². The van der Waals surface area contributed by atoms with E-state index in [1.807, 2.05) is 0 Å². The van der Waals surface area contributed by atoms with Crippen LogP contribution in [0.1, 0.15) is 0 Å². The molecule has 1 aromatic carbocycles. The van der Waals surface area contributed by atoms with Gasteiger partial charge in [0.2, 0.25) is 0 Å². The number of piperazine rings is 1. The van der Waals surface area contributed by atoms with Gasteiger partial charge in [0.1, 0.15) is 5.69 Å². The van der Waals surface area contributed by atoms with Gasteiger partial charge in [-0.3, -0.25) is 0 Å². The summed E-state index contributed by atoms with van der Waals surface area (Å²) in [6.45, 7) is 1.80. The van der Waals surface area contributed by atoms with E-state index in [4.69, 9.17) is 0 Å². The molecule has 0 unspecified atom stereocenters. The third kappa shape index (κ3) is 2.16. The number of nitrogens with one attached hydrogen (secondary N) is 1. The third-order valence-corrected chi connectivity index (χ3v) is 3.60. The Bertz CT molecular complexity index is 461. The first-order valence-electron chi connectivity index (χ1n) is 5.43. The highest BCUT2D eigenvalue weighted by Crippen LogP contribution is 2.35. The Hall–Kier alpha value is -0.950. The minimum Gasteiger partial charge on any atom is -0.364 e. The first-order chi connectivity index (χ1) is 8.57. The Morgan fingerprint density at radius 3 is 2.11 bits per heavy atom. The predicted octanol–water partition coefficient (Wildman–Crippen LogP) is 2.37. The van der Waals surface area contributed by atoms with Gasteiger partial charge >= 0.3 is 0 Å². The Kier molecular flexibility index (Phi) is 4.01. The number of benzene rings is 1. The molecular weight excluding hydrogens is 268 g/mol. The lowest BCUT2D eigenvalue weighted by atomic mass is 10.2. The number of anilines is 1. The van der Waals surface area contributed by atoms with Gasteiger partial charge < -0.3 is 10.2 Å². The first-order valence-corrected chi connectivity index (χ1v) is 6.66. The van der Waals surface area contributed by atoms with Gasteiger partial charge in [-0.2, -0.15) is 0 Å². The van der Waals surface area contributed by atoms with Crippen molar-refractivity contribution >= 4 is 17.4 Å². The molecule has 1 saturated heterocycles. The average molecular weight is 280 g/mol. The molecule has 0 atom stereocenters. The van der Waals surface area contributed by atoms with Crippen LogP contribution in [0.5, 0.6) is 0 Å². The molecule has 100 valence electrons. The summed E-state index contributed by atoms with van der Waals surface area (Å²) in [5, 5.41) is 3.02. The molecule has 1 fully saturated rings. The molecule has 2 nitrogen and oxygen atoms in total. The van der Waals surface area contributed by atoms with Crippen LogP contribution in [-0.4, -0.2) is 32.4 Å². The number of nitrogens with zero attached hydrogens (tertiary/aromatic N) is 1. The molecule has 1 N–H and O–H groups in total. The lowest BCUT2D eigenvalue weighted by molar-refractivity contribution is 0.412. The Morgan fingerprint density at radius 2 is 1.56 bits per heavy atom. The van der Waals surface area contributed by atoms with Gasteiger partial charge in [0.05, 0.1) is 4.90 Å². The highest BCUT2D eigenvalue weighted by molar-refractivity contribution is 7.98. The van der Waals surface area contributed by atoms with E-state index in [1.165, 1.54) is 11.2 Å². The first kappa shape index (κ1) is 13.5. The normalized spacial score (nSPS) is 16.2. The SMILES string of the molecule is CSc1c(F)c(F)c(F)c(N2CCNCC2)c1F. The van der Waals surface area contributed by atoms with Crippen molar-refractivity contribution in [3.05, 3.63) is 23.3 Å². The summed E-state index contributed by atoms with van der Waals surface area (Å²) in [5.74, 6) is -5.56. The number of rotatable bonds is 2. The molecule has 0 amide bonds. The summed E-state index contributed by atoms with van der Waals surface area (Å²) >= 11 is 0.724. The second-order valence-corrected chi connectivity index (χ2v) is 4.69. The third-order valence-electron chi connectivity index (χ3n) is 2.84. The van der Waals surface area contributed by atoms with Gasteiger partial charge in [-0.05, 0) is 6.26 Å². The molecule has 1 aromatic rings. The molecular formula is C11H12F4N2S. The van der Waals surface area contributed by atoms with Crippen molar-refractivity contribution in [3.63, 3.8) is 0 Å². The van der Waals surface area contributed by atoms with Crippen molar-refractivity contribution in [2.24, 2.45) is 0 Å². The number of thioether (sulfide) groups is 1. The summed E-state index contributed by atoms with van der Waals surface area (Å²) in [7, 11) is 0. The topological polar surface area (TPSA) is 15.3 Å². The number of hydrogen-bond donors (Lipinski definition) is 1. The van der Waals surface area contributed by atoms with Gasteiger partial charge in [-0.1, -0.05) is 0 Å². The second kappa shape index (κ2) is 5.36. The zero-order valence-corrected chi connectivity index (χ0v) is 10.5. The van der Waals surface area contributed by atoms with Gasteiger partial charge in [0, 0.05) is 26.2 Å². The van der Waals surface area contributed by atoms with Crippen LogP contribution in [0.3, 0.4) is 0 Å². The van der Waals surface area contributed by atoms with Crippen molar-refractivity contribution < 1.29 is 17.6 Å². The maximum atomic E-state index is 14.0. The second-order valence-electron chi connectivity index (χ2n) is 3.87. The lowest BCUT2D eigenvalue weighted by Crippen LogP contribution is -2.44. The molecule has 0 saturated carbocycles. The van der Waals surface area contributed by atoms with Gasteiger partial charge in [-0.15, -0.1) is 11.8 Å². The molecule has 2 rings (SSSR count). The zero-order valence-electron chi connectivity index (χ0n) is 9.70. The monoisotopic (exact) mass is 280 g/mol. The summed E-state index contributed by atoms with van der Waals surface area (Å²) < 4.78 is 54.5. The van der Waals surface area contributed by atoms with Crippen LogP contribution in [0.25, 0.3) is 0 Å². The van der Waals surface area contributed by atoms with Crippen molar-refractivity contribution in [2.45, 2.75) is 4.90 Å². The summed E-state index contributed by atoms with van der Waals surface area (Å²) in [5.41, 5.74) is -0.472. The molecule has 1 aliphatic rings. The van der Waals surface area contributed by atoms with Crippen molar-refractivity contribution in [1.82, 2.24) is 5.32 Å². The van der Waals surface area contributed by atoms with Crippen LogP contribution >= 0.6 is 11.8 Å². The molecule has 7 heteroatoms. The van der Waals surface area contributed by atoms with Crippen LogP contribution < -0.4 is 10.2 Å². The molecule has 0 spiro atoms. The molecule has 0 radical (unpaired) electrons. The predicted molar refractivity (Wildman–Crippen MR) is 63.1 cm³/mol. The maximum Gasteiger partial charge on any atom is 0.197 e. The van der Waals surface area contributed by atoms with Crippen molar-refractivity contribution in [3.8, 4) is 0 Å². The molecule has 0 aliphatic carbocycles. The largest absolute Gasteiger partial charge is 0.364 e. The minimum absolute atomic E-state index is 0.354. The van der Waals surface area contributed by atoms with E-state index in [0.29, 0.717) is 26.2 Å². The van der Waals surface area contributed by atoms with Crippen LogP contribution in [0.15, 0.2) is 4.90 Å². The lowest BCUT2D eigenvalue weighted by Gasteiger charge is -2.30. The molecule has 18 heavy (non-hydrogen) atoms. The molecule has 0 aromatic heterocycles. The zero-order chi connectivity index (χ0) is 13.3. The Balaban J connectivity index is 2.54. The average Bonchev–Trinajstić information content (AvgIpc) is 2.38. The minimum atomic E-state index is -1.62. The smallest absolute Gasteiger partial charge is 0.197 e. The van der Waals surface area contributed by atoms with E-state index >= 15 is 0 Å². The standard InChI is InChI=1S/C11H12F4N2S/c1-18-11-8(14)6(12)7(13)10(9(11)15)17-4-2-16-3-5-17/h16H,2-5H2,1H3. The molecule has 1 aliphatic heterocycles.